The van der Waals surface area contributed by atoms with Crippen molar-refractivity contribution < 1.29 is 4.42 Å². The van der Waals surface area contributed by atoms with E-state index in [2.05, 4.69) is 175 Å². The molecule has 3 heteroatoms. The number of rotatable bonds is 5. The predicted molar refractivity (Wildman–Crippen MR) is 210 cm³/mol. The SMILES string of the molecule is c1ccc(-c2ccc(N(c3ccc4ccccc4c3)c3cccc4c3oc3ccccc34)cc2-c2cccc3c2sc2ccccc23)cc1. The van der Waals surface area contributed by atoms with Crippen molar-refractivity contribution in [2.24, 2.45) is 0 Å². The van der Waals surface area contributed by atoms with Gasteiger partial charge in [0.2, 0.25) is 0 Å². The molecule has 2 nitrogen and oxygen atoms in total. The predicted octanol–water partition coefficient (Wildman–Crippen LogP) is 13.9. The molecular formula is C46H29NOS. The van der Waals surface area contributed by atoms with E-state index in [9.17, 15) is 0 Å². The number of fused-ring (bicyclic) bond motifs is 7. The molecule has 49 heavy (non-hydrogen) atoms. The molecule has 0 saturated carbocycles. The van der Waals surface area contributed by atoms with Crippen LogP contribution >= 0.6 is 11.3 Å². The maximum atomic E-state index is 6.65. The van der Waals surface area contributed by atoms with Crippen LogP contribution in [0.3, 0.4) is 0 Å². The van der Waals surface area contributed by atoms with Crippen LogP contribution in [-0.2, 0) is 0 Å². The van der Waals surface area contributed by atoms with Gasteiger partial charge in [-0.25, -0.2) is 0 Å². The fourth-order valence-corrected chi connectivity index (χ4v) is 8.60. The van der Waals surface area contributed by atoms with Gasteiger partial charge >= 0.3 is 0 Å². The van der Waals surface area contributed by atoms with E-state index in [0.717, 1.165) is 39.0 Å². The molecule has 10 aromatic rings. The third-order valence-electron chi connectivity index (χ3n) is 9.66. The van der Waals surface area contributed by atoms with Gasteiger partial charge in [-0.3, -0.25) is 0 Å². The highest BCUT2D eigenvalue weighted by Gasteiger charge is 2.22. The second-order valence-corrected chi connectivity index (χ2v) is 13.5. The first-order valence-corrected chi connectivity index (χ1v) is 17.4. The van der Waals surface area contributed by atoms with E-state index >= 15 is 0 Å². The van der Waals surface area contributed by atoms with Crippen molar-refractivity contribution in [1.29, 1.82) is 0 Å². The molecule has 0 N–H and O–H groups in total. The van der Waals surface area contributed by atoms with Gasteiger partial charge in [0.1, 0.15) is 5.58 Å². The van der Waals surface area contributed by atoms with Crippen LogP contribution in [0, 0.1) is 0 Å². The summed E-state index contributed by atoms with van der Waals surface area (Å²) >= 11 is 1.87. The molecule has 2 heterocycles. The van der Waals surface area contributed by atoms with Gasteiger partial charge in [0.15, 0.2) is 5.58 Å². The Bertz CT molecular complexity index is 2840. The number of benzene rings is 8. The molecule has 0 aliphatic carbocycles. The summed E-state index contributed by atoms with van der Waals surface area (Å²) in [6, 6.07) is 63.2. The lowest BCUT2D eigenvalue weighted by Crippen LogP contribution is -2.10. The fraction of sp³-hybridized carbons (Fsp3) is 0. The van der Waals surface area contributed by atoms with Gasteiger partial charge in [-0.1, -0.05) is 133 Å². The minimum Gasteiger partial charge on any atom is -0.454 e. The fourth-order valence-electron chi connectivity index (χ4n) is 7.37. The first kappa shape index (κ1) is 27.9. The molecule has 0 spiro atoms. The number of hydrogen-bond acceptors (Lipinski definition) is 3. The van der Waals surface area contributed by atoms with Gasteiger partial charge in [-0.05, 0) is 69.9 Å². The summed E-state index contributed by atoms with van der Waals surface area (Å²) in [7, 11) is 0. The summed E-state index contributed by atoms with van der Waals surface area (Å²) in [6.45, 7) is 0. The van der Waals surface area contributed by atoms with Crippen LogP contribution in [0.5, 0.6) is 0 Å². The lowest BCUT2D eigenvalue weighted by molar-refractivity contribution is 0.669. The Morgan fingerprint density at radius 3 is 2.04 bits per heavy atom. The quantitative estimate of drug-likeness (QED) is 0.186. The normalized spacial score (nSPS) is 11.7. The number of para-hydroxylation sites is 2. The van der Waals surface area contributed by atoms with E-state index in [1.807, 2.05) is 17.4 Å². The number of anilines is 3. The van der Waals surface area contributed by atoms with Gasteiger partial charge in [-0.15, -0.1) is 11.3 Å². The first-order chi connectivity index (χ1) is 24.3. The zero-order valence-corrected chi connectivity index (χ0v) is 27.3. The first-order valence-electron chi connectivity index (χ1n) is 16.6. The molecule has 0 fully saturated rings. The van der Waals surface area contributed by atoms with E-state index in [1.54, 1.807) is 0 Å². The molecule has 0 saturated heterocycles. The Balaban J connectivity index is 1.27. The second kappa shape index (κ2) is 11.2. The topological polar surface area (TPSA) is 16.4 Å². The van der Waals surface area contributed by atoms with Crippen LogP contribution in [0.25, 0.3) is 75.1 Å². The van der Waals surface area contributed by atoms with Gasteiger partial charge in [0.05, 0.1) is 5.69 Å². The summed E-state index contributed by atoms with van der Waals surface area (Å²) in [5.41, 5.74) is 9.73. The van der Waals surface area contributed by atoms with Crippen LogP contribution in [0.2, 0.25) is 0 Å². The highest BCUT2D eigenvalue weighted by atomic mass is 32.1. The zero-order valence-electron chi connectivity index (χ0n) is 26.5. The van der Waals surface area contributed by atoms with E-state index in [4.69, 9.17) is 4.42 Å². The Morgan fingerprint density at radius 2 is 1.12 bits per heavy atom. The van der Waals surface area contributed by atoms with Crippen LogP contribution in [-0.4, -0.2) is 0 Å². The number of nitrogens with zero attached hydrogens (tertiary/aromatic N) is 1. The summed E-state index contributed by atoms with van der Waals surface area (Å²) in [4.78, 5) is 2.36. The lowest BCUT2D eigenvalue weighted by atomic mass is 9.92. The van der Waals surface area contributed by atoms with Gasteiger partial charge in [-0.2, -0.15) is 0 Å². The van der Waals surface area contributed by atoms with Gasteiger partial charge in [0, 0.05) is 47.9 Å². The Kier molecular flexibility index (Phi) is 6.39. The smallest absolute Gasteiger partial charge is 0.159 e. The largest absolute Gasteiger partial charge is 0.454 e. The third kappa shape index (κ3) is 4.55. The minimum atomic E-state index is 0.872. The van der Waals surface area contributed by atoms with Crippen LogP contribution in [0.15, 0.2) is 180 Å². The molecule has 8 aromatic carbocycles. The van der Waals surface area contributed by atoms with Crippen molar-refractivity contribution >= 4 is 81.3 Å². The summed E-state index contributed by atoms with van der Waals surface area (Å²) < 4.78 is 9.26. The van der Waals surface area contributed by atoms with Crippen molar-refractivity contribution in [1.82, 2.24) is 0 Å². The molecular weight excluding hydrogens is 615 g/mol. The van der Waals surface area contributed by atoms with Gasteiger partial charge < -0.3 is 9.32 Å². The maximum absolute atomic E-state index is 6.65. The number of thiophene rings is 1. The highest BCUT2D eigenvalue weighted by molar-refractivity contribution is 7.26. The third-order valence-corrected chi connectivity index (χ3v) is 10.9. The molecule has 0 bridgehead atoms. The Labute approximate surface area is 287 Å². The summed E-state index contributed by atoms with van der Waals surface area (Å²) in [6.07, 6.45) is 0. The average Bonchev–Trinajstić information content (AvgIpc) is 3.74. The molecule has 0 aliphatic heterocycles. The number of hydrogen-bond donors (Lipinski definition) is 0. The van der Waals surface area contributed by atoms with Crippen molar-refractivity contribution in [2.45, 2.75) is 0 Å². The molecule has 0 unspecified atom stereocenters. The molecule has 0 amide bonds. The summed E-state index contributed by atoms with van der Waals surface area (Å²) in [5.74, 6) is 0. The van der Waals surface area contributed by atoms with Crippen molar-refractivity contribution in [3.63, 3.8) is 0 Å². The Morgan fingerprint density at radius 1 is 0.429 bits per heavy atom. The standard InChI is InChI=1S/C46H29NOS/c1-2-13-31(14-3-1)35-27-26-34(29-41(35)40-20-10-19-39-37-17-7-9-23-44(37)49-46(39)40)47(33-25-24-30-12-4-5-15-32(30)28-33)42-21-11-18-38-36-16-6-8-22-43(36)48-45(38)42/h1-29H. The summed E-state index contributed by atoms with van der Waals surface area (Å²) in [5, 5.41) is 7.23. The van der Waals surface area contributed by atoms with Crippen LogP contribution in [0.4, 0.5) is 17.1 Å². The van der Waals surface area contributed by atoms with Crippen molar-refractivity contribution in [3.8, 4) is 22.3 Å². The van der Waals surface area contributed by atoms with E-state index < -0.39 is 0 Å². The maximum Gasteiger partial charge on any atom is 0.159 e. The molecule has 2 aromatic heterocycles. The minimum absolute atomic E-state index is 0.872. The molecule has 230 valence electrons. The van der Waals surface area contributed by atoms with Crippen LogP contribution in [0.1, 0.15) is 0 Å². The van der Waals surface area contributed by atoms with Crippen LogP contribution < -0.4 is 4.90 Å². The molecule has 0 aliphatic rings. The Hall–Kier alpha value is -6.16. The zero-order chi connectivity index (χ0) is 32.3. The van der Waals surface area contributed by atoms with Crippen molar-refractivity contribution in [3.05, 3.63) is 176 Å². The lowest BCUT2D eigenvalue weighted by Gasteiger charge is -2.27. The number of furan rings is 1. The molecule has 0 radical (unpaired) electrons. The highest BCUT2D eigenvalue weighted by Crippen LogP contribution is 2.47. The second-order valence-electron chi connectivity index (χ2n) is 12.5. The van der Waals surface area contributed by atoms with Gasteiger partial charge in [0.25, 0.3) is 0 Å². The van der Waals surface area contributed by atoms with Crippen molar-refractivity contribution in [2.75, 3.05) is 4.90 Å². The molecule has 0 atom stereocenters. The average molecular weight is 644 g/mol. The molecule has 10 rings (SSSR count). The van der Waals surface area contributed by atoms with E-state index in [0.29, 0.717) is 0 Å². The monoisotopic (exact) mass is 643 g/mol. The van der Waals surface area contributed by atoms with E-state index in [-0.39, 0.29) is 0 Å². The van der Waals surface area contributed by atoms with E-state index in [1.165, 1.54) is 53.2 Å².